The summed E-state index contributed by atoms with van der Waals surface area (Å²) in [5.41, 5.74) is 3.72. The average molecular weight is 563 g/mol. The van der Waals surface area contributed by atoms with Gasteiger partial charge in [0.1, 0.15) is 12.6 Å². The van der Waals surface area contributed by atoms with Gasteiger partial charge in [-0.25, -0.2) is 4.79 Å². The molecule has 0 spiro atoms. The van der Waals surface area contributed by atoms with E-state index >= 15 is 0 Å². The molecule has 6 rings (SSSR count). The number of carbonyl (C=O) groups is 2. The van der Waals surface area contributed by atoms with Gasteiger partial charge in [-0.3, -0.25) is 10.1 Å². The second-order valence-corrected chi connectivity index (χ2v) is 12.3. The fraction of sp³-hybridized carbons (Fsp3) is 0.257. The van der Waals surface area contributed by atoms with E-state index < -0.39 is 11.6 Å². The highest BCUT2D eigenvalue weighted by molar-refractivity contribution is 8.00. The molecule has 0 aliphatic carbocycles. The van der Waals surface area contributed by atoms with Gasteiger partial charge in [0.25, 0.3) is 0 Å². The minimum atomic E-state index is -0.618. The molecule has 2 heterocycles. The number of ether oxygens (including phenoxy) is 1. The Labute approximate surface area is 245 Å². The number of carbonyl (C=O) groups excluding carboxylic acids is 2. The third-order valence-electron chi connectivity index (χ3n) is 8.13. The quantitative estimate of drug-likeness (QED) is 0.109. The number of rotatable bonds is 10. The summed E-state index contributed by atoms with van der Waals surface area (Å²) < 4.78 is 5.77. The number of amides is 1. The Balaban J connectivity index is 1.29. The van der Waals surface area contributed by atoms with Crippen LogP contribution in [0.3, 0.4) is 0 Å². The first-order valence-electron chi connectivity index (χ1n) is 14.2. The predicted octanol–water partition coefficient (Wildman–Crippen LogP) is 6.13. The van der Waals surface area contributed by atoms with E-state index in [1.807, 2.05) is 48.5 Å². The lowest BCUT2D eigenvalue weighted by Gasteiger charge is -2.40. The molecular weight excluding hydrogens is 528 g/mol. The molecule has 4 aromatic carbocycles. The second kappa shape index (κ2) is 11.9. The molecule has 0 bridgehead atoms. The molecule has 2 fully saturated rings. The van der Waals surface area contributed by atoms with E-state index in [2.05, 4.69) is 85.0 Å². The molecule has 4 aromatic rings. The highest BCUT2D eigenvalue weighted by Crippen LogP contribution is 2.44. The molecule has 5 nitrogen and oxygen atoms in total. The monoisotopic (exact) mass is 562 g/mol. The van der Waals surface area contributed by atoms with Crippen molar-refractivity contribution in [2.45, 2.75) is 54.6 Å². The molecule has 0 saturated carbocycles. The van der Waals surface area contributed by atoms with Crippen LogP contribution in [-0.4, -0.2) is 39.5 Å². The molecule has 4 unspecified atom stereocenters. The summed E-state index contributed by atoms with van der Waals surface area (Å²) in [4.78, 5) is 27.8. The van der Waals surface area contributed by atoms with Crippen molar-refractivity contribution < 1.29 is 14.3 Å². The van der Waals surface area contributed by atoms with Crippen LogP contribution < -0.4 is 5.32 Å². The summed E-state index contributed by atoms with van der Waals surface area (Å²) in [6.45, 7) is 2.35. The zero-order chi connectivity index (χ0) is 28.2. The lowest BCUT2D eigenvalue weighted by molar-refractivity contribution is -0.161. The van der Waals surface area contributed by atoms with Crippen molar-refractivity contribution in [3.8, 4) is 0 Å². The van der Waals surface area contributed by atoms with E-state index in [9.17, 15) is 9.59 Å². The molecule has 41 heavy (non-hydrogen) atoms. The first-order chi connectivity index (χ1) is 20.1. The van der Waals surface area contributed by atoms with E-state index in [0.29, 0.717) is 6.42 Å². The van der Waals surface area contributed by atoms with Crippen molar-refractivity contribution in [1.82, 2.24) is 10.2 Å². The lowest BCUT2D eigenvalue weighted by atomic mass is 9.77. The Morgan fingerprint density at radius 3 is 1.83 bits per heavy atom. The van der Waals surface area contributed by atoms with Crippen molar-refractivity contribution in [2.75, 3.05) is 0 Å². The van der Waals surface area contributed by atoms with Gasteiger partial charge in [-0.05, 0) is 35.6 Å². The van der Waals surface area contributed by atoms with Gasteiger partial charge in [-0.2, -0.15) is 0 Å². The van der Waals surface area contributed by atoms with E-state index in [1.165, 1.54) is 0 Å². The van der Waals surface area contributed by atoms with E-state index in [0.717, 1.165) is 28.7 Å². The van der Waals surface area contributed by atoms with Crippen LogP contribution >= 0.6 is 11.8 Å². The first-order valence-corrected chi connectivity index (χ1v) is 15.1. The lowest BCUT2D eigenvalue weighted by Crippen LogP contribution is -2.56. The van der Waals surface area contributed by atoms with Crippen LogP contribution in [0.4, 0.5) is 0 Å². The van der Waals surface area contributed by atoms with Crippen LogP contribution in [0.2, 0.25) is 0 Å². The van der Waals surface area contributed by atoms with Crippen LogP contribution in [0.5, 0.6) is 0 Å². The van der Waals surface area contributed by atoms with Crippen molar-refractivity contribution in [2.24, 2.45) is 0 Å². The number of thioether (sulfide) groups is 1. The zero-order valence-electron chi connectivity index (χ0n) is 23.1. The molecular formula is C35H34N2O3S. The maximum absolute atomic E-state index is 13.4. The van der Waals surface area contributed by atoms with Crippen LogP contribution in [0.25, 0.3) is 0 Å². The molecule has 0 aromatic heterocycles. The molecule has 0 radical (unpaired) electrons. The largest absolute Gasteiger partial charge is 0.459 e. The van der Waals surface area contributed by atoms with Crippen molar-refractivity contribution in [3.63, 3.8) is 0 Å². The van der Waals surface area contributed by atoms with E-state index in [-0.39, 0.29) is 35.1 Å². The molecule has 2 aliphatic rings. The highest BCUT2D eigenvalue weighted by Gasteiger charge is 2.55. The minimum absolute atomic E-state index is 0.0348. The Kier molecular flexibility index (Phi) is 7.95. The van der Waals surface area contributed by atoms with Gasteiger partial charge in [0.2, 0.25) is 5.91 Å². The summed E-state index contributed by atoms with van der Waals surface area (Å²) in [6.07, 6.45) is 1.28. The van der Waals surface area contributed by atoms with Crippen molar-refractivity contribution in [1.29, 1.82) is 0 Å². The van der Waals surface area contributed by atoms with E-state index in [4.69, 9.17) is 4.74 Å². The number of hydrogen-bond donors (Lipinski definition) is 1. The Hall–Kier alpha value is -3.87. The zero-order valence-corrected chi connectivity index (χ0v) is 23.9. The smallest absolute Gasteiger partial charge is 0.330 e. The number of nitrogens with one attached hydrogen (secondary N) is 1. The van der Waals surface area contributed by atoms with Gasteiger partial charge in [-0.1, -0.05) is 121 Å². The van der Waals surface area contributed by atoms with Gasteiger partial charge in [0, 0.05) is 17.7 Å². The fourth-order valence-corrected chi connectivity index (χ4v) is 7.77. The number of esters is 1. The third-order valence-corrected chi connectivity index (χ3v) is 9.46. The average Bonchev–Trinajstić information content (AvgIpc) is 3.31. The molecule has 2 saturated heterocycles. The van der Waals surface area contributed by atoms with Gasteiger partial charge in [0.15, 0.2) is 0 Å². The number of benzene rings is 4. The van der Waals surface area contributed by atoms with Crippen molar-refractivity contribution in [3.05, 3.63) is 144 Å². The van der Waals surface area contributed by atoms with Crippen LogP contribution in [0.15, 0.2) is 121 Å². The first kappa shape index (κ1) is 27.3. The van der Waals surface area contributed by atoms with Crippen LogP contribution in [0.1, 0.15) is 42.0 Å². The topological polar surface area (TPSA) is 58.6 Å². The summed E-state index contributed by atoms with van der Waals surface area (Å²) in [5, 5.41) is 3.86. The van der Waals surface area contributed by atoms with Gasteiger partial charge in [0.05, 0.1) is 10.9 Å². The Morgan fingerprint density at radius 2 is 1.34 bits per heavy atom. The molecule has 6 heteroatoms. The van der Waals surface area contributed by atoms with Crippen LogP contribution in [0, 0.1) is 0 Å². The number of fused-ring (bicyclic) bond motifs is 1. The van der Waals surface area contributed by atoms with Gasteiger partial charge < -0.3 is 9.64 Å². The number of hydrogen-bond acceptors (Lipinski definition) is 5. The summed E-state index contributed by atoms with van der Waals surface area (Å²) in [5.74, 6) is -0.290. The normalized spacial score (nSPS) is 20.7. The van der Waals surface area contributed by atoms with Crippen LogP contribution in [-0.2, 0) is 26.5 Å². The SMILES string of the molecule is CC(NC(c1ccccc1)(c1ccccc1)c1ccccc1)SC1CC2CC(=O)N2C1C(=O)OCc1ccccc1. The fourth-order valence-electron chi connectivity index (χ4n) is 6.28. The number of β-lactam (4-membered cyclic amide) rings is 1. The summed E-state index contributed by atoms with van der Waals surface area (Å²) >= 11 is 1.72. The van der Waals surface area contributed by atoms with Crippen molar-refractivity contribution >= 4 is 23.6 Å². The highest BCUT2D eigenvalue weighted by atomic mass is 32.2. The summed E-state index contributed by atoms with van der Waals surface area (Å²) in [7, 11) is 0. The van der Waals surface area contributed by atoms with E-state index in [1.54, 1.807) is 16.7 Å². The van der Waals surface area contributed by atoms with Gasteiger partial charge >= 0.3 is 5.97 Å². The summed E-state index contributed by atoms with van der Waals surface area (Å²) in [6, 6.07) is 40.7. The number of nitrogens with zero attached hydrogens (tertiary/aromatic N) is 1. The second-order valence-electron chi connectivity index (χ2n) is 10.7. The molecule has 1 N–H and O–H groups in total. The van der Waals surface area contributed by atoms with Gasteiger partial charge in [-0.15, -0.1) is 11.8 Å². The third kappa shape index (κ3) is 5.42. The maximum atomic E-state index is 13.4. The minimum Gasteiger partial charge on any atom is -0.459 e. The molecule has 2 aliphatic heterocycles. The predicted molar refractivity (Wildman–Crippen MR) is 163 cm³/mol. The molecule has 208 valence electrons. The Morgan fingerprint density at radius 1 is 0.854 bits per heavy atom. The standard InChI is InChI=1S/C35H34N2O3S/c1-25(41-31-22-30-23-32(38)37(30)33(31)34(39)40-24-26-14-6-2-7-15-26)36-35(27-16-8-3-9-17-27,28-18-10-4-11-19-28)29-20-12-5-13-21-29/h2-21,25,30-31,33,36H,22-24H2,1H3. The molecule has 1 amide bonds. The molecule has 4 atom stereocenters. The maximum Gasteiger partial charge on any atom is 0.330 e. The Bertz CT molecular complexity index is 1370.